The van der Waals surface area contributed by atoms with Crippen molar-refractivity contribution in [2.45, 2.75) is 72.1 Å². The number of nitrogens with zero attached hydrogens (tertiary/aromatic N) is 1. The van der Waals surface area contributed by atoms with Crippen LogP contribution < -0.4 is 14.8 Å². The quantitative estimate of drug-likeness (QED) is 0.251. The molecule has 7 nitrogen and oxygen atoms in total. The lowest BCUT2D eigenvalue weighted by Crippen LogP contribution is -2.53. The first-order valence-corrected chi connectivity index (χ1v) is 14.5. The van der Waals surface area contributed by atoms with Crippen LogP contribution in [-0.2, 0) is 18.0 Å². The van der Waals surface area contributed by atoms with Crippen molar-refractivity contribution in [3.05, 3.63) is 57.1 Å². The van der Waals surface area contributed by atoms with E-state index < -0.39 is 24.3 Å². The molecule has 1 saturated heterocycles. The summed E-state index contributed by atoms with van der Waals surface area (Å²) in [5, 5.41) is 12.5. The number of aliphatic hydroxyl groups excluding tert-OH is 1. The summed E-state index contributed by atoms with van der Waals surface area (Å²) in [4.78, 5) is 14.0. The second-order valence-corrected chi connectivity index (χ2v) is 10.1. The minimum atomic E-state index is -0.531. The van der Waals surface area contributed by atoms with Crippen LogP contribution >= 0.6 is 23.2 Å². The third-order valence-corrected chi connectivity index (χ3v) is 6.99. The number of hydrogen-bond acceptors (Lipinski definition) is 6. The van der Waals surface area contributed by atoms with Crippen molar-refractivity contribution < 1.29 is 32.9 Å². The largest absolute Gasteiger partial charge is 0.493 e. The van der Waals surface area contributed by atoms with Gasteiger partial charge in [-0.15, -0.1) is 0 Å². The van der Waals surface area contributed by atoms with Gasteiger partial charge in [0.2, 0.25) is 0 Å². The van der Waals surface area contributed by atoms with E-state index in [-0.39, 0.29) is 33.8 Å². The van der Waals surface area contributed by atoms with Gasteiger partial charge in [-0.25, -0.2) is 13.6 Å². The Labute approximate surface area is 245 Å². The maximum atomic E-state index is 14.3. The van der Waals surface area contributed by atoms with E-state index in [9.17, 15) is 13.6 Å². The highest BCUT2D eigenvalue weighted by Crippen LogP contribution is 2.28. The van der Waals surface area contributed by atoms with Gasteiger partial charge < -0.3 is 29.5 Å². The maximum absolute atomic E-state index is 14.3. The van der Waals surface area contributed by atoms with Crippen molar-refractivity contribution in [2.24, 2.45) is 0 Å². The number of rotatable bonds is 12. The summed E-state index contributed by atoms with van der Waals surface area (Å²) in [5.41, 5.74) is 0.278. The Morgan fingerprint density at radius 2 is 1.52 bits per heavy atom. The first-order chi connectivity index (χ1) is 19.2. The summed E-state index contributed by atoms with van der Waals surface area (Å²) in [6.45, 7) is 8.63. The lowest BCUT2D eigenvalue weighted by atomic mass is 10.1. The number of halogens is 4. The van der Waals surface area contributed by atoms with Crippen LogP contribution in [0.15, 0.2) is 24.3 Å². The molecule has 1 unspecified atom stereocenters. The average Bonchev–Trinajstić information content (AvgIpc) is 2.93. The number of carbonyl (C=O) groups excluding carboxylic acids is 1. The Morgan fingerprint density at radius 1 is 0.975 bits per heavy atom. The molecule has 1 atom stereocenters. The van der Waals surface area contributed by atoms with Crippen molar-refractivity contribution in [3.8, 4) is 11.5 Å². The smallest absolute Gasteiger partial charge is 0.410 e. The van der Waals surface area contributed by atoms with E-state index in [0.29, 0.717) is 31.3 Å². The third-order valence-electron chi connectivity index (χ3n) is 6.32. The number of ether oxygens (including phenoxy) is 3. The number of hydrogen-bond donors (Lipinski definition) is 2. The van der Waals surface area contributed by atoms with Gasteiger partial charge in [0.05, 0.1) is 29.9 Å². The van der Waals surface area contributed by atoms with Crippen LogP contribution in [-0.4, -0.2) is 55.0 Å². The summed E-state index contributed by atoms with van der Waals surface area (Å²) in [7, 11) is 0. The van der Waals surface area contributed by atoms with Gasteiger partial charge in [-0.3, -0.25) is 0 Å². The molecule has 1 aliphatic heterocycles. The van der Waals surface area contributed by atoms with E-state index in [1.165, 1.54) is 18.2 Å². The van der Waals surface area contributed by atoms with Crippen LogP contribution in [0.1, 0.15) is 64.0 Å². The van der Waals surface area contributed by atoms with Crippen LogP contribution in [0.3, 0.4) is 0 Å². The van der Waals surface area contributed by atoms with Crippen molar-refractivity contribution in [2.75, 3.05) is 32.8 Å². The molecule has 1 amide bonds. The zero-order valence-electron chi connectivity index (χ0n) is 23.4. The normalized spacial score (nSPS) is 14.8. The SMILES string of the molecule is CCCCOc1cc(F)c(CO)c(Cl)c1.CCCCOc1cc(F)c(COC(=O)N2CCNCC2CC)c(Cl)c1. The minimum Gasteiger partial charge on any atom is -0.493 e. The molecule has 2 aromatic carbocycles. The highest BCUT2D eigenvalue weighted by Gasteiger charge is 2.26. The standard InChI is InChI=1S/C18H26ClFN2O3.C11H14ClFO2/c1-3-5-8-24-14-9-16(19)15(17(20)10-14)12-25-18(23)22-7-6-21-11-13(22)4-2;1-2-3-4-15-8-5-10(12)9(7-14)11(13)6-8/h9-10,13,21H,3-8,11-12H2,1-2H3;5-6,14H,2-4,7H2,1H3. The third kappa shape index (κ3) is 10.6. The molecule has 2 N–H and O–H groups in total. The molecule has 1 fully saturated rings. The number of amides is 1. The van der Waals surface area contributed by atoms with E-state index in [4.69, 9.17) is 42.5 Å². The topological polar surface area (TPSA) is 80.3 Å². The molecule has 0 radical (unpaired) electrons. The summed E-state index contributed by atoms with van der Waals surface area (Å²) in [6, 6.07) is 5.70. The zero-order valence-corrected chi connectivity index (χ0v) is 24.9. The first-order valence-electron chi connectivity index (χ1n) is 13.7. The molecular weight excluding hydrogens is 565 g/mol. The van der Waals surface area contributed by atoms with Crippen LogP contribution in [0, 0.1) is 11.6 Å². The number of unbranched alkanes of at least 4 members (excludes halogenated alkanes) is 2. The first kappa shape index (κ1) is 33.9. The zero-order chi connectivity index (χ0) is 29.5. The fraction of sp³-hybridized carbons (Fsp3) is 0.552. The van der Waals surface area contributed by atoms with E-state index in [1.807, 2.05) is 13.8 Å². The molecular formula is C29H40Cl2F2N2O5. The molecule has 1 heterocycles. The number of carbonyl (C=O) groups is 1. The van der Waals surface area contributed by atoms with Crippen LogP contribution in [0.5, 0.6) is 11.5 Å². The Bertz CT molecular complexity index is 1030. The van der Waals surface area contributed by atoms with Gasteiger partial charge in [0.15, 0.2) is 0 Å². The Morgan fingerprint density at radius 3 is 2.00 bits per heavy atom. The maximum Gasteiger partial charge on any atom is 0.410 e. The Balaban J connectivity index is 0.000000319. The molecule has 0 aliphatic carbocycles. The van der Waals surface area contributed by atoms with Crippen LogP contribution in [0.4, 0.5) is 13.6 Å². The van der Waals surface area contributed by atoms with Gasteiger partial charge >= 0.3 is 6.09 Å². The van der Waals surface area contributed by atoms with E-state index >= 15 is 0 Å². The molecule has 224 valence electrons. The molecule has 0 bridgehead atoms. The molecule has 2 aromatic rings. The van der Waals surface area contributed by atoms with Crippen molar-refractivity contribution in [3.63, 3.8) is 0 Å². The van der Waals surface area contributed by atoms with E-state index in [0.717, 1.165) is 45.2 Å². The molecule has 0 spiro atoms. The predicted octanol–water partition coefficient (Wildman–Crippen LogP) is 7.13. The lowest BCUT2D eigenvalue weighted by Gasteiger charge is -2.34. The molecule has 11 heteroatoms. The van der Waals surface area contributed by atoms with Gasteiger partial charge in [0.1, 0.15) is 29.7 Å². The van der Waals surface area contributed by atoms with Crippen molar-refractivity contribution in [1.29, 1.82) is 0 Å². The molecule has 0 aromatic heterocycles. The predicted molar refractivity (Wildman–Crippen MR) is 153 cm³/mol. The lowest BCUT2D eigenvalue weighted by molar-refractivity contribution is 0.0707. The second-order valence-electron chi connectivity index (χ2n) is 9.31. The molecule has 40 heavy (non-hydrogen) atoms. The molecule has 1 aliphatic rings. The van der Waals surface area contributed by atoms with Crippen LogP contribution in [0.25, 0.3) is 0 Å². The second kappa shape index (κ2) is 18.2. The number of nitrogens with one attached hydrogen (secondary N) is 1. The van der Waals surface area contributed by atoms with Gasteiger partial charge in [0, 0.05) is 48.9 Å². The van der Waals surface area contributed by atoms with Crippen molar-refractivity contribution >= 4 is 29.3 Å². The van der Waals surface area contributed by atoms with Crippen LogP contribution in [0.2, 0.25) is 10.0 Å². The number of piperazine rings is 1. The van der Waals surface area contributed by atoms with E-state index in [2.05, 4.69) is 12.2 Å². The Hall–Kier alpha value is -2.33. The summed E-state index contributed by atoms with van der Waals surface area (Å²) >= 11 is 11.9. The molecule has 0 saturated carbocycles. The highest BCUT2D eigenvalue weighted by molar-refractivity contribution is 6.31. The summed E-state index contributed by atoms with van der Waals surface area (Å²) in [5.74, 6) is -0.266. The van der Waals surface area contributed by atoms with Gasteiger partial charge in [-0.1, -0.05) is 56.8 Å². The van der Waals surface area contributed by atoms with Gasteiger partial charge in [-0.2, -0.15) is 0 Å². The van der Waals surface area contributed by atoms with Gasteiger partial charge in [0.25, 0.3) is 0 Å². The fourth-order valence-electron chi connectivity index (χ4n) is 3.87. The minimum absolute atomic E-state index is 0.0934. The monoisotopic (exact) mass is 604 g/mol. The fourth-order valence-corrected chi connectivity index (χ4v) is 4.38. The summed E-state index contributed by atoms with van der Waals surface area (Å²) < 4.78 is 43.6. The van der Waals surface area contributed by atoms with E-state index in [1.54, 1.807) is 11.0 Å². The average molecular weight is 606 g/mol. The van der Waals surface area contributed by atoms with Crippen molar-refractivity contribution in [1.82, 2.24) is 10.2 Å². The number of aliphatic hydroxyl groups is 1. The number of benzene rings is 2. The summed E-state index contributed by atoms with van der Waals surface area (Å²) in [6.07, 6.45) is 4.22. The molecule has 3 rings (SSSR count). The highest BCUT2D eigenvalue weighted by atomic mass is 35.5. The Kier molecular flexibility index (Phi) is 15.4. The van der Waals surface area contributed by atoms with Gasteiger partial charge in [-0.05, 0) is 31.4 Å².